The van der Waals surface area contributed by atoms with E-state index in [1.54, 1.807) is 0 Å². The number of hydrogen-bond acceptors (Lipinski definition) is 2. The molecule has 0 unspecified atom stereocenters. The Hall–Kier alpha value is -2.39. The van der Waals surface area contributed by atoms with Crippen molar-refractivity contribution in [1.82, 2.24) is 5.32 Å². The van der Waals surface area contributed by atoms with Gasteiger partial charge in [0.1, 0.15) is 0 Å². The van der Waals surface area contributed by atoms with Gasteiger partial charge in [-0.05, 0) is 84.8 Å². The maximum atomic E-state index is 12.7. The van der Waals surface area contributed by atoms with Gasteiger partial charge in [0.05, 0.1) is 0 Å². The normalized spacial score (nSPS) is 14.0. The Balaban J connectivity index is 1.77. The van der Waals surface area contributed by atoms with E-state index in [0.717, 1.165) is 50.0 Å². The van der Waals surface area contributed by atoms with Crippen molar-refractivity contribution in [2.75, 3.05) is 18.4 Å². The van der Waals surface area contributed by atoms with Crippen molar-refractivity contribution in [1.29, 1.82) is 0 Å². The van der Waals surface area contributed by atoms with Gasteiger partial charge in [0.2, 0.25) is 0 Å². The quantitative estimate of drug-likeness (QED) is 0.747. The topological polar surface area (TPSA) is 41.1 Å². The molecule has 142 valence electrons. The van der Waals surface area contributed by atoms with E-state index in [4.69, 9.17) is 0 Å². The molecule has 0 aromatic heterocycles. The standard InChI is InChI=1S/C24H30N2O/c1-4-6-20-16-21(8-7-18(20)5-2)24(27)26-22-9-10-23(17(3)15-22)19-11-13-25-14-12-19/h7-11,15-16,25H,4-6,12-14H2,1-3H3,(H,26,27). The molecule has 2 N–H and O–H groups in total. The molecule has 2 aromatic rings. The highest BCUT2D eigenvalue weighted by Gasteiger charge is 2.12. The summed E-state index contributed by atoms with van der Waals surface area (Å²) in [6.45, 7) is 8.41. The summed E-state index contributed by atoms with van der Waals surface area (Å²) in [5.74, 6) is -0.0387. The molecular formula is C24H30N2O. The van der Waals surface area contributed by atoms with Crippen LogP contribution in [0.2, 0.25) is 0 Å². The molecule has 27 heavy (non-hydrogen) atoms. The fraction of sp³-hybridized carbons (Fsp3) is 0.375. The Labute approximate surface area is 162 Å². The van der Waals surface area contributed by atoms with Gasteiger partial charge in [0.15, 0.2) is 0 Å². The minimum Gasteiger partial charge on any atom is -0.322 e. The van der Waals surface area contributed by atoms with Crippen LogP contribution in [0.25, 0.3) is 5.57 Å². The molecular weight excluding hydrogens is 332 g/mol. The highest BCUT2D eigenvalue weighted by atomic mass is 16.1. The average Bonchev–Trinajstić information content (AvgIpc) is 2.69. The van der Waals surface area contributed by atoms with Gasteiger partial charge in [-0.2, -0.15) is 0 Å². The first-order chi connectivity index (χ1) is 13.1. The molecule has 3 heteroatoms. The van der Waals surface area contributed by atoms with E-state index in [9.17, 15) is 4.79 Å². The van der Waals surface area contributed by atoms with E-state index in [2.05, 4.69) is 61.7 Å². The minimum atomic E-state index is -0.0387. The Bertz CT molecular complexity index is 851. The van der Waals surface area contributed by atoms with E-state index in [0.29, 0.717) is 0 Å². The number of nitrogens with one attached hydrogen (secondary N) is 2. The van der Waals surface area contributed by atoms with Gasteiger partial charge in [-0.15, -0.1) is 0 Å². The van der Waals surface area contributed by atoms with Crippen LogP contribution in [0.15, 0.2) is 42.5 Å². The fourth-order valence-electron chi connectivity index (χ4n) is 3.79. The molecule has 1 amide bonds. The maximum Gasteiger partial charge on any atom is 0.255 e. The van der Waals surface area contributed by atoms with E-state index < -0.39 is 0 Å². The second kappa shape index (κ2) is 9.01. The zero-order valence-corrected chi connectivity index (χ0v) is 16.7. The van der Waals surface area contributed by atoms with Crippen LogP contribution in [0, 0.1) is 6.92 Å². The zero-order chi connectivity index (χ0) is 19.2. The molecule has 0 fully saturated rings. The largest absolute Gasteiger partial charge is 0.322 e. The predicted molar refractivity (Wildman–Crippen MR) is 114 cm³/mol. The molecule has 3 rings (SSSR count). The number of benzene rings is 2. The number of carbonyl (C=O) groups is 1. The van der Waals surface area contributed by atoms with Gasteiger partial charge in [0.25, 0.3) is 5.91 Å². The molecule has 1 heterocycles. The Kier molecular flexibility index (Phi) is 6.46. The monoisotopic (exact) mass is 362 g/mol. The number of carbonyl (C=O) groups excluding carboxylic acids is 1. The Morgan fingerprint density at radius 2 is 1.96 bits per heavy atom. The van der Waals surface area contributed by atoms with Crippen LogP contribution in [0.1, 0.15) is 59.3 Å². The smallest absolute Gasteiger partial charge is 0.255 e. The van der Waals surface area contributed by atoms with Gasteiger partial charge in [-0.3, -0.25) is 4.79 Å². The van der Waals surface area contributed by atoms with Gasteiger partial charge in [0, 0.05) is 17.8 Å². The molecule has 3 nitrogen and oxygen atoms in total. The summed E-state index contributed by atoms with van der Waals surface area (Å²) in [5.41, 5.74) is 8.09. The van der Waals surface area contributed by atoms with E-state index in [1.165, 1.54) is 27.8 Å². The summed E-state index contributed by atoms with van der Waals surface area (Å²) in [7, 11) is 0. The molecule has 0 bridgehead atoms. The minimum absolute atomic E-state index is 0.0387. The van der Waals surface area contributed by atoms with Gasteiger partial charge in [-0.25, -0.2) is 0 Å². The number of amides is 1. The molecule has 2 aromatic carbocycles. The molecule has 0 saturated heterocycles. The lowest BCUT2D eigenvalue weighted by Gasteiger charge is -2.17. The lowest BCUT2D eigenvalue weighted by atomic mass is 9.95. The third-order valence-corrected chi connectivity index (χ3v) is 5.26. The first-order valence-electron chi connectivity index (χ1n) is 10.1. The molecule has 0 spiro atoms. The second-order valence-corrected chi connectivity index (χ2v) is 7.25. The van der Waals surface area contributed by atoms with Crippen molar-refractivity contribution in [3.8, 4) is 0 Å². The molecule has 0 aliphatic carbocycles. The first kappa shape index (κ1) is 19.4. The number of anilines is 1. The van der Waals surface area contributed by atoms with Gasteiger partial charge < -0.3 is 10.6 Å². The summed E-state index contributed by atoms with van der Waals surface area (Å²) in [5, 5.41) is 6.41. The van der Waals surface area contributed by atoms with Crippen molar-refractivity contribution in [2.24, 2.45) is 0 Å². The molecule has 0 atom stereocenters. The summed E-state index contributed by atoms with van der Waals surface area (Å²) in [6.07, 6.45) is 6.42. The van der Waals surface area contributed by atoms with Crippen molar-refractivity contribution in [3.63, 3.8) is 0 Å². The second-order valence-electron chi connectivity index (χ2n) is 7.25. The first-order valence-corrected chi connectivity index (χ1v) is 10.1. The molecule has 1 aliphatic heterocycles. The lowest BCUT2D eigenvalue weighted by molar-refractivity contribution is 0.102. The van der Waals surface area contributed by atoms with Crippen LogP contribution in [0.3, 0.4) is 0 Å². The number of aryl methyl sites for hydroxylation is 3. The molecule has 1 aliphatic rings. The van der Waals surface area contributed by atoms with Gasteiger partial charge in [-0.1, -0.05) is 38.5 Å². The Morgan fingerprint density at radius 3 is 2.63 bits per heavy atom. The Morgan fingerprint density at radius 1 is 1.11 bits per heavy atom. The highest BCUT2D eigenvalue weighted by Crippen LogP contribution is 2.26. The summed E-state index contributed by atoms with van der Waals surface area (Å²) >= 11 is 0. The average molecular weight is 363 g/mol. The maximum absolute atomic E-state index is 12.7. The summed E-state index contributed by atoms with van der Waals surface area (Å²) in [4.78, 5) is 12.7. The van der Waals surface area contributed by atoms with Crippen LogP contribution in [0.4, 0.5) is 5.69 Å². The van der Waals surface area contributed by atoms with Crippen molar-refractivity contribution < 1.29 is 4.79 Å². The van der Waals surface area contributed by atoms with Crippen LogP contribution in [-0.4, -0.2) is 19.0 Å². The third-order valence-electron chi connectivity index (χ3n) is 5.26. The lowest BCUT2D eigenvalue weighted by Crippen LogP contribution is -2.20. The van der Waals surface area contributed by atoms with E-state index >= 15 is 0 Å². The van der Waals surface area contributed by atoms with Crippen LogP contribution < -0.4 is 10.6 Å². The third kappa shape index (κ3) is 4.67. The molecule has 0 radical (unpaired) electrons. The highest BCUT2D eigenvalue weighted by molar-refractivity contribution is 6.04. The number of rotatable bonds is 6. The van der Waals surface area contributed by atoms with Crippen molar-refractivity contribution in [2.45, 2.75) is 46.5 Å². The number of hydrogen-bond donors (Lipinski definition) is 2. The predicted octanol–water partition coefficient (Wildman–Crippen LogP) is 5.14. The van der Waals surface area contributed by atoms with Crippen LogP contribution >= 0.6 is 0 Å². The summed E-state index contributed by atoms with van der Waals surface area (Å²) in [6, 6.07) is 12.3. The van der Waals surface area contributed by atoms with Gasteiger partial charge >= 0.3 is 0 Å². The summed E-state index contributed by atoms with van der Waals surface area (Å²) < 4.78 is 0. The van der Waals surface area contributed by atoms with Crippen LogP contribution in [-0.2, 0) is 12.8 Å². The fourth-order valence-corrected chi connectivity index (χ4v) is 3.79. The SMILES string of the molecule is CCCc1cc(C(=O)Nc2ccc(C3=CCNCC3)c(C)c2)ccc1CC. The van der Waals surface area contributed by atoms with Crippen molar-refractivity contribution in [3.05, 3.63) is 70.3 Å². The van der Waals surface area contributed by atoms with E-state index in [-0.39, 0.29) is 5.91 Å². The zero-order valence-electron chi connectivity index (χ0n) is 16.7. The molecule has 0 saturated carbocycles. The van der Waals surface area contributed by atoms with E-state index in [1.807, 2.05) is 12.1 Å². The van der Waals surface area contributed by atoms with Crippen LogP contribution in [0.5, 0.6) is 0 Å². The van der Waals surface area contributed by atoms with Crippen molar-refractivity contribution >= 4 is 17.2 Å².